The predicted octanol–water partition coefficient (Wildman–Crippen LogP) is 3.40. The number of hydrogen-bond donors (Lipinski definition) is 2. The van der Waals surface area contributed by atoms with Gasteiger partial charge in [0.2, 0.25) is 0 Å². The Morgan fingerprint density at radius 1 is 1.44 bits per heavy atom. The molecule has 0 unspecified atom stereocenters. The lowest BCUT2D eigenvalue weighted by Crippen LogP contribution is -2.29. The van der Waals surface area contributed by atoms with Gasteiger partial charge < -0.3 is 10.4 Å². The molecule has 16 heavy (non-hydrogen) atoms. The first-order chi connectivity index (χ1) is 7.53. The summed E-state index contributed by atoms with van der Waals surface area (Å²) in [5.41, 5.74) is 0.261. The first-order valence-electron chi connectivity index (χ1n) is 5.59. The van der Waals surface area contributed by atoms with Gasteiger partial charge in [0.15, 0.2) is 0 Å². The third-order valence-corrected chi connectivity index (χ3v) is 4.17. The molecule has 0 saturated carbocycles. The lowest BCUT2D eigenvalue weighted by atomic mass is 9.88. The van der Waals surface area contributed by atoms with Crippen molar-refractivity contribution < 1.29 is 5.11 Å². The number of thiophene rings is 1. The van der Waals surface area contributed by atoms with Crippen LogP contribution in [-0.4, -0.2) is 18.3 Å². The summed E-state index contributed by atoms with van der Waals surface area (Å²) in [6.45, 7) is 6.68. The van der Waals surface area contributed by atoms with Crippen LogP contribution in [0.15, 0.2) is 15.9 Å². The van der Waals surface area contributed by atoms with Crippen LogP contribution in [0.25, 0.3) is 0 Å². The average molecular weight is 306 g/mol. The summed E-state index contributed by atoms with van der Waals surface area (Å²) in [7, 11) is 0. The smallest absolute Gasteiger partial charge is 0.0701 e. The molecule has 0 bridgehead atoms. The quantitative estimate of drug-likeness (QED) is 0.809. The zero-order chi connectivity index (χ0) is 12.0. The Bertz CT molecular complexity index is 312. The van der Waals surface area contributed by atoms with Crippen LogP contribution in [0.5, 0.6) is 0 Å². The van der Waals surface area contributed by atoms with Crippen molar-refractivity contribution >= 4 is 27.3 Å². The van der Waals surface area contributed by atoms with E-state index in [1.165, 1.54) is 8.66 Å². The van der Waals surface area contributed by atoms with Gasteiger partial charge in [0.05, 0.1) is 3.79 Å². The van der Waals surface area contributed by atoms with Crippen LogP contribution in [0.1, 0.15) is 31.6 Å². The van der Waals surface area contributed by atoms with E-state index in [0.717, 1.165) is 25.9 Å². The lowest BCUT2D eigenvalue weighted by Gasteiger charge is -2.24. The number of hydrogen-bond acceptors (Lipinski definition) is 3. The standard InChI is InChI=1S/C12H20BrNOS/c1-12(2,6-3-7-15)9-14-8-10-4-5-11(13)16-10/h4-5,14-15H,3,6-9H2,1-2H3. The molecule has 2 nitrogen and oxygen atoms in total. The molecule has 0 spiro atoms. The van der Waals surface area contributed by atoms with E-state index >= 15 is 0 Å². The number of rotatable bonds is 7. The normalized spacial score (nSPS) is 12.0. The highest BCUT2D eigenvalue weighted by Gasteiger charge is 2.16. The zero-order valence-electron chi connectivity index (χ0n) is 9.92. The van der Waals surface area contributed by atoms with Gasteiger partial charge in [-0.2, -0.15) is 0 Å². The fourth-order valence-electron chi connectivity index (χ4n) is 1.62. The van der Waals surface area contributed by atoms with Crippen LogP contribution >= 0.6 is 27.3 Å². The van der Waals surface area contributed by atoms with E-state index in [2.05, 4.69) is 47.2 Å². The highest BCUT2D eigenvalue weighted by atomic mass is 79.9. The van der Waals surface area contributed by atoms with Gasteiger partial charge in [-0.1, -0.05) is 13.8 Å². The predicted molar refractivity (Wildman–Crippen MR) is 73.8 cm³/mol. The van der Waals surface area contributed by atoms with Gasteiger partial charge in [0.25, 0.3) is 0 Å². The second-order valence-corrected chi connectivity index (χ2v) is 7.35. The summed E-state index contributed by atoms with van der Waals surface area (Å²) in [6.07, 6.45) is 1.95. The molecule has 0 aromatic carbocycles. The Balaban J connectivity index is 2.24. The molecule has 1 heterocycles. The topological polar surface area (TPSA) is 32.3 Å². The van der Waals surface area contributed by atoms with E-state index in [-0.39, 0.29) is 5.41 Å². The van der Waals surface area contributed by atoms with Crippen molar-refractivity contribution in [2.45, 2.75) is 33.2 Å². The summed E-state index contributed by atoms with van der Waals surface area (Å²) < 4.78 is 1.18. The number of nitrogens with one attached hydrogen (secondary N) is 1. The molecule has 2 N–H and O–H groups in total. The number of halogens is 1. The summed E-state index contributed by atoms with van der Waals surface area (Å²) in [5, 5.41) is 12.3. The van der Waals surface area contributed by atoms with Crippen molar-refractivity contribution in [2.24, 2.45) is 5.41 Å². The monoisotopic (exact) mass is 305 g/mol. The first-order valence-corrected chi connectivity index (χ1v) is 7.20. The van der Waals surface area contributed by atoms with Gasteiger partial charge in [0, 0.05) is 24.6 Å². The molecular weight excluding hydrogens is 286 g/mol. The van der Waals surface area contributed by atoms with Crippen molar-refractivity contribution in [1.29, 1.82) is 0 Å². The highest BCUT2D eigenvalue weighted by Crippen LogP contribution is 2.23. The third-order valence-electron chi connectivity index (χ3n) is 2.54. The van der Waals surface area contributed by atoms with Gasteiger partial charge in [0.1, 0.15) is 0 Å². The third kappa shape index (κ3) is 5.43. The molecule has 1 aromatic rings. The van der Waals surface area contributed by atoms with Crippen molar-refractivity contribution in [3.05, 3.63) is 20.8 Å². The van der Waals surface area contributed by atoms with E-state index < -0.39 is 0 Å². The molecule has 4 heteroatoms. The summed E-state index contributed by atoms with van der Waals surface area (Å²) in [6, 6.07) is 4.22. The average Bonchev–Trinajstić information content (AvgIpc) is 2.61. The Hall–Kier alpha value is 0.1000. The molecule has 1 aromatic heterocycles. The van der Waals surface area contributed by atoms with E-state index in [4.69, 9.17) is 5.11 Å². The molecule has 0 saturated heterocycles. The number of aliphatic hydroxyl groups excluding tert-OH is 1. The molecule has 0 amide bonds. The minimum absolute atomic E-state index is 0.261. The SMILES string of the molecule is CC(C)(CCCO)CNCc1ccc(Br)s1. The maximum Gasteiger partial charge on any atom is 0.0701 e. The van der Waals surface area contributed by atoms with Crippen LogP contribution in [-0.2, 0) is 6.54 Å². The van der Waals surface area contributed by atoms with Crippen LogP contribution in [0.2, 0.25) is 0 Å². The molecule has 0 radical (unpaired) electrons. The van der Waals surface area contributed by atoms with Crippen LogP contribution < -0.4 is 5.32 Å². The molecule has 0 atom stereocenters. The van der Waals surface area contributed by atoms with E-state index in [1.807, 2.05) is 0 Å². The fraction of sp³-hybridized carbons (Fsp3) is 0.667. The Morgan fingerprint density at radius 2 is 2.19 bits per heavy atom. The molecule has 0 aliphatic rings. The maximum atomic E-state index is 8.81. The highest BCUT2D eigenvalue weighted by molar-refractivity contribution is 9.11. The molecule has 92 valence electrons. The summed E-state index contributed by atoms with van der Waals surface area (Å²) >= 11 is 5.23. The van der Waals surface area contributed by atoms with Crippen molar-refractivity contribution in [3.63, 3.8) is 0 Å². The second kappa shape index (κ2) is 6.74. The van der Waals surface area contributed by atoms with Gasteiger partial charge in [-0.05, 0) is 46.3 Å². The van der Waals surface area contributed by atoms with E-state index in [0.29, 0.717) is 6.61 Å². The Kier molecular flexibility index (Phi) is 5.97. The zero-order valence-corrected chi connectivity index (χ0v) is 12.3. The number of aliphatic hydroxyl groups is 1. The summed E-state index contributed by atoms with van der Waals surface area (Å²) in [5.74, 6) is 0. The molecular formula is C12H20BrNOS. The second-order valence-electron chi connectivity index (χ2n) is 4.80. The molecule has 1 rings (SSSR count). The molecule has 0 aliphatic heterocycles. The fourth-order valence-corrected chi connectivity index (χ4v) is 3.07. The van der Waals surface area contributed by atoms with Gasteiger partial charge in [-0.25, -0.2) is 0 Å². The minimum Gasteiger partial charge on any atom is -0.396 e. The minimum atomic E-state index is 0.261. The lowest BCUT2D eigenvalue weighted by molar-refractivity contribution is 0.236. The molecule has 0 fully saturated rings. The van der Waals surface area contributed by atoms with E-state index in [9.17, 15) is 0 Å². The van der Waals surface area contributed by atoms with Gasteiger partial charge >= 0.3 is 0 Å². The largest absolute Gasteiger partial charge is 0.396 e. The summed E-state index contributed by atoms with van der Waals surface area (Å²) in [4.78, 5) is 1.35. The van der Waals surface area contributed by atoms with Crippen LogP contribution in [0.3, 0.4) is 0 Å². The van der Waals surface area contributed by atoms with Crippen molar-refractivity contribution in [1.82, 2.24) is 5.32 Å². The van der Waals surface area contributed by atoms with Crippen molar-refractivity contribution in [2.75, 3.05) is 13.2 Å². The molecule has 0 aliphatic carbocycles. The van der Waals surface area contributed by atoms with E-state index in [1.54, 1.807) is 11.3 Å². The van der Waals surface area contributed by atoms with Gasteiger partial charge in [-0.3, -0.25) is 0 Å². The Labute approximate surface area is 110 Å². The maximum absolute atomic E-state index is 8.81. The Morgan fingerprint density at radius 3 is 2.75 bits per heavy atom. The van der Waals surface area contributed by atoms with Crippen LogP contribution in [0, 0.1) is 5.41 Å². The first kappa shape index (κ1) is 14.2. The van der Waals surface area contributed by atoms with Gasteiger partial charge in [-0.15, -0.1) is 11.3 Å². The van der Waals surface area contributed by atoms with Crippen LogP contribution in [0.4, 0.5) is 0 Å². The van der Waals surface area contributed by atoms with Crippen molar-refractivity contribution in [3.8, 4) is 0 Å².